The molecule has 0 amide bonds. The zero-order valence-corrected chi connectivity index (χ0v) is 23.2. The molecule has 3 aromatic rings. The zero-order chi connectivity index (χ0) is 28.4. The summed E-state index contributed by atoms with van der Waals surface area (Å²) in [6, 6.07) is 12.9. The number of benzene rings is 2. The molecule has 0 saturated heterocycles. The molecule has 1 heterocycles. The van der Waals surface area contributed by atoms with Gasteiger partial charge < -0.3 is 18.6 Å². The van der Waals surface area contributed by atoms with Crippen molar-refractivity contribution in [1.82, 2.24) is 0 Å². The number of hydrogen-bond donors (Lipinski definition) is 0. The number of unbranched alkanes of at least 4 members (excludes halogenated alkanes) is 2. The Labute approximate surface area is 227 Å². The molecule has 5 nitrogen and oxygen atoms in total. The molecule has 0 N–H and O–H groups in total. The Kier molecular flexibility index (Phi) is 8.52. The normalized spacial score (nSPS) is 21.5. The third-order valence-corrected chi connectivity index (χ3v) is 7.74. The van der Waals surface area contributed by atoms with Crippen molar-refractivity contribution in [1.29, 1.82) is 0 Å². The van der Waals surface area contributed by atoms with Crippen LogP contribution in [0.25, 0.3) is 22.3 Å². The van der Waals surface area contributed by atoms with E-state index in [-0.39, 0.29) is 18.6 Å². The molecule has 1 aliphatic carbocycles. The predicted octanol–water partition coefficient (Wildman–Crippen LogP) is 8.52. The molecule has 0 aliphatic heterocycles. The first-order valence-electron chi connectivity index (χ1n) is 13.6. The fourth-order valence-electron chi connectivity index (χ4n) is 5.17. The summed E-state index contributed by atoms with van der Waals surface area (Å²) in [5, 5.41) is 0.792. The van der Waals surface area contributed by atoms with E-state index in [1.165, 1.54) is 12.0 Å². The van der Waals surface area contributed by atoms with Crippen LogP contribution in [0.4, 0.5) is 13.2 Å². The Morgan fingerprint density at radius 2 is 1.82 bits per heavy atom. The van der Waals surface area contributed by atoms with Gasteiger partial charge in [0.2, 0.25) is 0 Å². The average molecular weight is 547 g/mol. The van der Waals surface area contributed by atoms with Gasteiger partial charge in [-0.3, -0.25) is 4.79 Å². The van der Waals surface area contributed by atoms with Crippen LogP contribution in [0.3, 0.4) is 0 Å². The fraction of sp³-hybridized carbons (Fsp3) is 0.516. The monoisotopic (exact) mass is 546 g/mol. The van der Waals surface area contributed by atoms with Crippen molar-refractivity contribution >= 4 is 16.9 Å². The van der Waals surface area contributed by atoms with Gasteiger partial charge in [0.1, 0.15) is 40.5 Å². The third kappa shape index (κ3) is 5.89. The number of carbonyl (C=O) groups is 1. The predicted molar refractivity (Wildman–Crippen MR) is 144 cm³/mol. The summed E-state index contributed by atoms with van der Waals surface area (Å²) in [6.45, 7) is 6.44. The fourth-order valence-corrected chi connectivity index (χ4v) is 5.17. The van der Waals surface area contributed by atoms with Gasteiger partial charge in [0.15, 0.2) is 0 Å². The average Bonchev–Trinajstić information content (AvgIpc) is 3.45. The van der Waals surface area contributed by atoms with Crippen LogP contribution in [0.2, 0.25) is 0 Å². The van der Waals surface area contributed by atoms with E-state index in [1.54, 1.807) is 39.2 Å². The number of methoxy groups -OCH3 is 1. The van der Waals surface area contributed by atoms with Crippen molar-refractivity contribution in [3.63, 3.8) is 0 Å². The molecule has 1 saturated carbocycles. The van der Waals surface area contributed by atoms with E-state index in [9.17, 15) is 18.0 Å². The summed E-state index contributed by atoms with van der Waals surface area (Å²) in [7, 11) is 1.62. The number of alkyl halides is 3. The molecule has 8 heteroatoms. The number of ether oxygens (including phenoxy) is 3. The van der Waals surface area contributed by atoms with E-state index >= 15 is 0 Å². The maximum Gasteiger partial charge on any atom is 0.401 e. The molecule has 1 fully saturated rings. The Morgan fingerprint density at radius 3 is 2.49 bits per heavy atom. The van der Waals surface area contributed by atoms with Crippen LogP contribution in [0.1, 0.15) is 65.4 Å². The molecule has 3 unspecified atom stereocenters. The summed E-state index contributed by atoms with van der Waals surface area (Å²) < 4.78 is 65.9. The Hall–Kier alpha value is -3.16. The molecule has 39 heavy (non-hydrogen) atoms. The van der Waals surface area contributed by atoms with E-state index in [0.29, 0.717) is 17.1 Å². The van der Waals surface area contributed by atoms with Crippen molar-refractivity contribution in [2.75, 3.05) is 7.11 Å². The highest BCUT2D eigenvalue weighted by molar-refractivity contribution is 5.85. The maximum absolute atomic E-state index is 14.3. The molecule has 0 spiro atoms. The summed E-state index contributed by atoms with van der Waals surface area (Å²) in [4.78, 5) is 12.1. The number of rotatable bonds is 10. The lowest BCUT2D eigenvalue weighted by molar-refractivity contribution is -0.264. The van der Waals surface area contributed by atoms with Crippen LogP contribution < -0.4 is 9.47 Å². The van der Waals surface area contributed by atoms with Crippen LogP contribution in [0.5, 0.6) is 11.5 Å². The van der Waals surface area contributed by atoms with Crippen molar-refractivity contribution in [2.45, 2.75) is 84.6 Å². The molecule has 3 atom stereocenters. The van der Waals surface area contributed by atoms with Crippen LogP contribution in [-0.2, 0) is 16.0 Å². The van der Waals surface area contributed by atoms with E-state index in [0.717, 1.165) is 37.1 Å². The highest BCUT2D eigenvalue weighted by Crippen LogP contribution is 2.53. The van der Waals surface area contributed by atoms with Crippen LogP contribution in [0.15, 0.2) is 46.9 Å². The molecule has 1 aromatic heterocycles. The minimum atomic E-state index is -4.63. The number of hydrogen-bond acceptors (Lipinski definition) is 5. The summed E-state index contributed by atoms with van der Waals surface area (Å²) >= 11 is 0. The highest BCUT2D eigenvalue weighted by Gasteiger charge is 2.66. The van der Waals surface area contributed by atoms with Crippen molar-refractivity contribution < 1.29 is 36.6 Å². The molecule has 0 radical (unpaired) electrons. The largest absolute Gasteiger partial charge is 0.496 e. The Morgan fingerprint density at radius 1 is 1.08 bits per heavy atom. The lowest BCUT2D eigenvalue weighted by Gasteiger charge is -2.37. The molecule has 2 aromatic carbocycles. The molecule has 1 aliphatic rings. The number of fused-ring (bicyclic) bond motifs is 1. The van der Waals surface area contributed by atoms with E-state index in [1.807, 2.05) is 18.2 Å². The van der Waals surface area contributed by atoms with Gasteiger partial charge in [0, 0.05) is 11.5 Å². The van der Waals surface area contributed by atoms with Crippen LogP contribution in [-0.4, -0.2) is 31.5 Å². The van der Waals surface area contributed by atoms with E-state index in [4.69, 9.17) is 18.6 Å². The van der Waals surface area contributed by atoms with Crippen molar-refractivity contribution in [2.24, 2.45) is 11.3 Å². The summed E-state index contributed by atoms with van der Waals surface area (Å²) in [5.41, 5.74) is 0.141. The van der Waals surface area contributed by atoms with Gasteiger partial charge in [-0.25, -0.2) is 0 Å². The standard InChI is InChI=1S/C31H37F3O5/c1-6-7-8-9-20-10-13-23(25(16-20)36-5)26-17-21-11-12-22(18-24(21)38-26)37-27-14-15-28(39-29(35)19(2)3)30(27,4)31(32,33)34/h10-13,16-19,27-28H,6-9,14-15H2,1-5H3. The molecular weight excluding hydrogens is 509 g/mol. The van der Waals surface area contributed by atoms with Crippen LogP contribution in [0, 0.1) is 11.3 Å². The minimum absolute atomic E-state index is 0.0700. The van der Waals surface area contributed by atoms with Gasteiger partial charge in [-0.2, -0.15) is 13.2 Å². The van der Waals surface area contributed by atoms with Crippen molar-refractivity contribution in [3.8, 4) is 22.8 Å². The quantitative estimate of drug-likeness (QED) is 0.188. The number of esters is 1. The van der Waals surface area contributed by atoms with Gasteiger partial charge in [-0.05, 0) is 68.5 Å². The SMILES string of the molecule is CCCCCc1ccc(-c2cc3ccc(OC4CCC(OC(=O)C(C)C)C4(C)C(F)(F)F)cc3o2)c(OC)c1. The zero-order valence-electron chi connectivity index (χ0n) is 23.2. The lowest BCUT2D eigenvalue weighted by atomic mass is 9.83. The first-order valence-corrected chi connectivity index (χ1v) is 13.6. The number of carbonyl (C=O) groups excluding carboxylic acids is 1. The first-order chi connectivity index (χ1) is 18.5. The van der Waals surface area contributed by atoms with E-state index < -0.39 is 35.7 Å². The lowest BCUT2D eigenvalue weighted by Crippen LogP contribution is -2.52. The third-order valence-electron chi connectivity index (χ3n) is 7.74. The summed E-state index contributed by atoms with van der Waals surface area (Å²) in [6.07, 6.45) is -2.56. The second-order valence-electron chi connectivity index (χ2n) is 10.8. The second-order valence-corrected chi connectivity index (χ2v) is 10.8. The van der Waals surface area contributed by atoms with Gasteiger partial charge in [-0.15, -0.1) is 0 Å². The van der Waals surface area contributed by atoms with Gasteiger partial charge in [0.05, 0.1) is 18.6 Å². The Bertz CT molecular complexity index is 1300. The molecule has 4 rings (SSSR count). The van der Waals surface area contributed by atoms with Crippen molar-refractivity contribution in [3.05, 3.63) is 48.0 Å². The van der Waals surface area contributed by atoms with Gasteiger partial charge in [0.25, 0.3) is 0 Å². The summed E-state index contributed by atoms with van der Waals surface area (Å²) in [5.74, 6) is 0.395. The number of furan rings is 1. The van der Waals surface area contributed by atoms with E-state index in [2.05, 4.69) is 13.0 Å². The van der Waals surface area contributed by atoms with Crippen LogP contribution >= 0.6 is 0 Å². The molecule has 0 bridgehead atoms. The van der Waals surface area contributed by atoms with Gasteiger partial charge in [-0.1, -0.05) is 39.7 Å². The smallest absolute Gasteiger partial charge is 0.401 e. The first kappa shape index (κ1) is 28.8. The maximum atomic E-state index is 14.3. The molecular formula is C31H37F3O5. The number of aryl methyl sites for hydroxylation is 1. The Balaban J connectivity index is 1.57. The second kappa shape index (κ2) is 11.5. The topological polar surface area (TPSA) is 57.9 Å². The highest BCUT2D eigenvalue weighted by atomic mass is 19.4. The minimum Gasteiger partial charge on any atom is -0.496 e. The van der Waals surface area contributed by atoms with Gasteiger partial charge >= 0.3 is 12.1 Å². The number of halogens is 3. The molecule has 212 valence electrons.